The van der Waals surface area contributed by atoms with E-state index in [0.29, 0.717) is 42.4 Å². The zero-order valence-corrected chi connectivity index (χ0v) is 21.3. The second kappa shape index (κ2) is 11.6. The van der Waals surface area contributed by atoms with E-state index in [9.17, 15) is 9.59 Å². The molecule has 186 valence electrons. The van der Waals surface area contributed by atoms with Crippen molar-refractivity contribution in [3.05, 3.63) is 47.5 Å². The molecule has 0 bridgehead atoms. The number of carbonyl (C=O) groups excluding carboxylic acids is 2. The standard InChI is InChI=1S/C30H37NO4/c1-4-7-8-9-10-13-16-31-29(32)25-26(30(31)33)28(35-18-6-3)24-20-22-15-12-11-14-21(22)19-23(24)27(25)34-17-5-2/h11-12,14-15,19-20H,4-10,13,16-18H2,1-3H3. The fraction of sp³-hybridized carbons (Fsp3) is 0.467. The molecule has 5 nitrogen and oxygen atoms in total. The fourth-order valence-corrected chi connectivity index (χ4v) is 4.84. The smallest absolute Gasteiger partial charge is 0.265 e. The Morgan fingerprint density at radius 1 is 0.657 bits per heavy atom. The SMILES string of the molecule is CCCCCCCCN1C(=O)c2c(c(OCCC)c3cc4ccccc4cc3c2OCCC)C1=O. The first-order chi connectivity index (χ1) is 17.1. The maximum atomic E-state index is 13.7. The topological polar surface area (TPSA) is 55.8 Å². The Morgan fingerprint density at radius 2 is 1.14 bits per heavy atom. The average molecular weight is 476 g/mol. The van der Waals surface area contributed by atoms with Gasteiger partial charge in [0.1, 0.15) is 11.5 Å². The van der Waals surface area contributed by atoms with Crippen LogP contribution in [0.25, 0.3) is 21.5 Å². The minimum atomic E-state index is -0.263. The number of fused-ring (bicyclic) bond motifs is 3. The molecule has 35 heavy (non-hydrogen) atoms. The first-order valence-corrected chi connectivity index (χ1v) is 13.3. The molecule has 3 aromatic rings. The van der Waals surface area contributed by atoms with Crippen LogP contribution in [0.2, 0.25) is 0 Å². The van der Waals surface area contributed by atoms with Gasteiger partial charge in [-0.15, -0.1) is 0 Å². The molecule has 4 rings (SSSR count). The van der Waals surface area contributed by atoms with Crippen LogP contribution in [0.3, 0.4) is 0 Å². The average Bonchev–Trinajstić information content (AvgIpc) is 3.12. The number of carbonyl (C=O) groups is 2. The van der Waals surface area contributed by atoms with Crippen LogP contribution >= 0.6 is 0 Å². The monoisotopic (exact) mass is 475 g/mol. The number of hydrogen-bond acceptors (Lipinski definition) is 4. The van der Waals surface area contributed by atoms with Crippen molar-refractivity contribution in [2.75, 3.05) is 19.8 Å². The van der Waals surface area contributed by atoms with Crippen LogP contribution in [0.5, 0.6) is 11.5 Å². The Kier molecular flexibility index (Phi) is 8.27. The lowest BCUT2D eigenvalue weighted by molar-refractivity contribution is 0.0649. The lowest BCUT2D eigenvalue weighted by Gasteiger charge is -2.17. The van der Waals surface area contributed by atoms with E-state index in [2.05, 4.69) is 31.2 Å². The van der Waals surface area contributed by atoms with Crippen molar-refractivity contribution in [3.8, 4) is 11.5 Å². The summed E-state index contributed by atoms with van der Waals surface area (Å²) < 4.78 is 12.4. The predicted molar refractivity (Wildman–Crippen MR) is 142 cm³/mol. The van der Waals surface area contributed by atoms with Crippen LogP contribution in [-0.2, 0) is 0 Å². The molecule has 1 heterocycles. The van der Waals surface area contributed by atoms with E-state index < -0.39 is 0 Å². The zero-order chi connectivity index (χ0) is 24.8. The van der Waals surface area contributed by atoms with Crippen molar-refractivity contribution in [1.29, 1.82) is 0 Å². The summed E-state index contributed by atoms with van der Waals surface area (Å²) in [5.74, 6) is 0.493. The highest BCUT2D eigenvalue weighted by molar-refractivity contribution is 6.27. The molecule has 3 aromatic carbocycles. The number of ether oxygens (including phenoxy) is 2. The van der Waals surface area contributed by atoms with E-state index in [1.165, 1.54) is 24.2 Å². The first-order valence-electron chi connectivity index (χ1n) is 13.3. The molecule has 0 saturated heterocycles. The van der Waals surface area contributed by atoms with E-state index in [0.717, 1.165) is 53.6 Å². The van der Waals surface area contributed by atoms with E-state index in [1.54, 1.807) is 0 Å². The third-order valence-corrected chi connectivity index (χ3v) is 6.63. The van der Waals surface area contributed by atoms with Gasteiger partial charge < -0.3 is 9.47 Å². The van der Waals surface area contributed by atoms with Gasteiger partial charge in [-0.05, 0) is 42.2 Å². The van der Waals surface area contributed by atoms with Gasteiger partial charge in [0.15, 0.2) is 0 Å². The van der Waals surface area contributed by atoms with Gasteiger partial charge >= 0.3 is 0 Å². The minimum absolute atomic E-state index is 0.263. The molecule has 1 aliphatic heterocycles. The molecule has 0 saturated carbocycles. The summed E-state index contributed by atoms with van der Waals surface area (Å²) in [6, 6.07) is 12.2. The number of unbranched alkanes of at least 4 members (excludes halogenated alkanes) is 5. The molecular formula is C30H37NO4. The van der Waals surface area contributed by atoms with Gasteiger partial charge in [-0.2, -0.15) is 0 Å². The molecule has 0 unspecified atom stereocenters. The molecule has 0 radical (unpaired) electrons. The number of hydrogen-bond donors (Lipinski definition) is 0. The number of rotatable bonds is 13. The van der Waals surface area contributed by atoms with E-state index in [-0.39, 0.29) is 11.8 Å². The van der Waals surface area contributed by atoms with Gasteiger partial charge in [0.2, 0.25) is 0 Å². The minimum Gasteiger partial charge on any atom is -0.492 e. The summed E-state index contributed by atoms with van der Waals surface area (Å²) in [6.07, 6.45) is 8.19. The van der Waals surface area contributed by atoms with Crippen LogP contribution in [-0.4, -0.2) is 36.5 Å². The number of amides is 2. The van der Waals surface area contributed by atoms with E-state index >= 15 is 0 Å². The van der Waals surface area contributed by atoms with Crippen LogP contribution in [0.1, 0.15) is 92.9 Å². The molecule has 0 atom stereocenters. The summed E-state index contributed by atoms with van der Waals surface area (Å²) in [5, 5.41) is 3.76. The molecule has 5 heteroatoms. The number of nitrogens with zero attached hydrogens (tertiary/aromatic N) is 1. The van der Waals surface area contributed by atoms with Gasteiger partial charge in [-0.25, -0.2) is 0 Å². The third-order valence-electron chi connectivity index (χ3n) is 6.63. The first kappa shape index (κ1) is 25.0. The molecule has 1 aliphatic rings. The molecule has 0 spiro atoms. The van der Waals surface area contributed by atoms with Crippen molar-refractivity contribution in [1.82, 2.24) is 4.90 Å². The third kappa shape index (κ3) is 5.00. The predicted octanol–water partition coefficient (Wildman–Crippen LogP) is 7.53. The molecule has 2 amide bonds. The Balaban J connectivity index is 1.81. The van der Waals surface area contributed by atoms with Gasteiger partial charge in [0.05, 0.1) is 24.3 Å². The van der Waals surface area contributed by atoms with Crippen LogP contribution < -0.4 is 9.47 Å². The Hall–Kier alpha value is -3.08. The van der Waals surface area contributed by atoms with Crippen molar-refractivity contribution in [3.63, 3.8) is 0 Å². The quantitative estimate of drug-likeness (QED) is 0.146. The highest BCUT2D eigenvalue weighted by Gasteiger charge is 2.42. The van der Waals surface area contributed by atoms with Crippen molar-refractivity contribution in [2.45, 2.75) is 72.1 Å². The Labute approximate surface area is 208 Å². The molecule has 0 aliphatic carbocycles. The van der Waals surface area contributed by atoms with Gasteiger partial charge in [-0.3, -0.25) is 14.5 Å². The molecular weight excluding hydrogens is 438 g/mol. The summed E-state index contributed by atoms with van der Waals surface area (Å²) in [7, 11) is 0. The van der Waals surface area contributed by atoms with Crippen LogP contribution in [0.4, 0.5) is 0 Å². The fourth-order valence-electron chi connectivity index (χ4n) is 4.84. The summed E-state index contributed by atoms with van der Waals surface area (Å²) in [5.41, 5.74) is 0.728. The number of benzene rings is 3. The zero-order valence-electron chi connectivity index (χ0n) is 21.3. The van der Waals surface area contributed by atoms with E-state index in [4.69, 9.17) is 9.47 Å². The molecule has 0 N–H and O–H groups in total. The van der Waals surface area contributed by atoms with Crippen LogP contribution in [0, 0.1) is 0 Å². The maximum Gasteiger partial charge on any atom is 0.265 e. The van der Waals surface area contributed by atoms with Crippen molar-refractivity contribution < 1.29 is 19.1 Å². The summed E-state index contributed by atoms with van der Waals surface area (Å²) in [4.78, 5) is 28.7. The largest absolute Gasteiger partial charge is 0.492 e. The normalized spacial score (nSPS) is 13.2. The highest BCUT2D eigenvalue weighted by atomic mass is 16.5. The Bertz CT molecular complexity index is 1130. The Morgan fingerprint density at radius 3 is 1.63 bits per heavy atom. The highest BCUT2D eigenvalue weighted by Crippen LogP contribution is 2.46. The maximum absolute atomic E-state index is 13.7. The number of imide groups is 1. The summed E-state index contributed by atoms with van der Waals surface area (Å²) in [6.45, 7) is 7.65. The van der Waals surface area contributed by atoms with Gasteiger partial charge in [0, 0.05) is 17.3 Å². The van der Waals surface area contributed by atoms with Crippen LogP contribution in [0.15, 0.2) is 36.4 Å². The summed E-state index contributed by atoms with van der Waals surface area (Å²) >= 11 is 0. The lowest BCUT2D eigenvalue weighted by Crippen LogP contribution is -2.30. The second-order valence-electron chi connectivity index (χ2n) is 9.38. The van der Waals surface area contributed by atoms with Crippen molar-refractivity contribution in [2.24, 2.45) is 0 Å². The van der Waals surface area contributed by atoms with Gasteiger partial charge in [0.25, 0.3) is 11.8 Å². The molecule has 0 aromatic heterocycles. The second-order valence-corrected chi connectivity index (χ2v) is 9.38. The van der Waals surface area contributed by atoms with Gasteiger partial charge in [-0.1, -0.05) is 77.1 Å². The lowest BCUT2D eigenvalue weighted by atomic mass is 9.96. The van der Waals surface area contributed by atoms with E-state index in [1.807, 2.05) is 26.0 Å². The van der Waals surface area contributed by atoms with Crippen molar-refractivity contribution >= 4 is 33.4 Å². The molecule has 0 fully saturated rings.